The molecule has 3 rings (SSSR count). The Morgan fingerprint density at radius 1 is 1.05 bits per heavy atom. The zero-order chi connectivity index (χ0) is 16.1. The third-order valence-electron chi connectivity index (χ3n) is 8.87. The minimum atomic E-state index is -0.0589. The summed E-state index contributed by atoms with van der Waals surface area (Å²) < 4.78 is 0. The van der Waals surface area contributed by atoms with Crippen molar-refractivity contribution in [1.82, 2.24) is 0 Å². The standard InChI is InChI=1S/C21H38O/c1-6-8-15-10-11-16-17-12-9-14(3)21(17,5)13-18(22)19(16)20(15,4)7-2/h14-19,22H,6-13H2,1-5H3. The van der Waals surface area contributed by atoms with E-state index in [1.807, 2.05) is 0 Å². The van der Waals surface area contributed by atoms with Crippen LogP contribution in [0.3, 0.4) is 0 Å². The largest absolute Gasteiger partial charge is 0.393 e. The minimum Gasteiger partial charge on any atom is -0.393 e. The predicted molar refractivity (Wildman–Crippen MR) is 93.6 cm³/mol. The van der Waals surface area contributed by atoms with E-state index in [1.54, 1.807) is 0 Å². The van der Waals surface area contributed by atoms with Gasteiger partial charge in [0.05, 0.1) is 6.10 Å². The van der Waals surface area contributed by atoms with Crippen LogP contribution >= 0.6 is 0 Å². The van der Waals surface area contributed by atoms with E-state index in [9.17, 15) is 5.11 Å². The van der Waals surface area contributed by atoms with Gasteiger partial charge in [0, 0.05) is 0 Å². The molecule has 0 spiro atoms. The molecule has 0 bridgehead atoms. The highest BCUT2D eigenvalue weighted by molar-refractivity contribution is 5.09. The normalized spacial score (nSPS) is 54.8. The Hall–Kier alpha value is -0.0400. The van der Waals surface area contributed by atoms with E-state index in [0.717, 1.165) is 30.1 Å². The quantitative estimate of drug-likeness (QED) is 0.713. The Morgan fingerprint density at radius 3 is 2.41 bits per heavy atom. The first kappa shape index (κ1) is 16.8. The van der Waals surface area contributed by atoms with Crippen LogP contribution in [-0.4, -0.2) is 11.2 Å². The molecule has 3 aliphatic carbocycles. The van der Waals surface area contributed by atoms with E-state index in [1.165, 1.54) is 44.9 Å². The van der Waals surface area contributed by atoms with Crippen LogP contribution in [0.2, 0.25) is 0 Å². The second-order valence-electron chi connectivity index (χ2n) is 9.47. The monoisotopic (exact) mass is 306 g/mol. The summed E-state index contributed by atoms with van der Waals surface area (Å²) in [5, 5.41) is 11.2. The lowest BCUT2D eigenvalue weighted by Crippen LogP contribution is -2.57. The molecular formula is C21H38O. The van der Waals surface area contributed by atoms with Gasteiger partial charge in [-0.1, -0.05) is 53.9 Å². The van der Waals surface area contributed by atoms with E-state index in [4.69, 9.17) is 0 Å². The molecule has 0 amide bonds. The molecule has 1 nitrogen and oxygen atoms in total. The van der Waals surface area contributed by atoms with Gasteiger partial charge in [0.2, 0.25) is 0 Å². The van der Waals surface area contributed by atoms with Crippen LogP contribution in [0.4, 0.5) is 0 Å². The summed E-state index contributed by atoms with van der Waals surface area (Å²) in [6.45, 7) is 12.2. The number of rotatable bonds is 3. The molecule has 0 radical (unpaired) electrons. The van der Waals surface area contributed by atoms with Gasteiger partial charge < -0.3 is 5.11 Å². The van der Waals surface area contributed by atoms with Crippen LogP contribution < -0.4 is 0 Å². The second-order valence-corrected chi connectivity index (χ2v) is 9.47. The molecule has 0 saturated heterocycles. The summed E-state index contributed by atoms with van der Waals surface area (Å²) in [6.07, 6.45) is 10.5. The number of aliphatic hydroxyl groups is 1. The first-order chi connectivity index (χ1) is 10.4. The third kappa shape index (κ3) is 2.21. The zero-order valence-corrected chi connectivity index (χ0v) is 15.6. The van der Waals surface area contributed by atoms with Gasteiger partial charge >= 0.3 is 0 Å². The Bertz CT molecular complexity index is 405. The van der Waals surface area contributed by atoms with Crippen LogP contribution in [-0.2, 0) is 0 Å². The highest BCUT2D eigenvalue weighted by Crippen LogP contribution is 2.66. The zero-order valence-electron chi connectivity index (χ0n) is 15.6. The van der Waals surface area contributed by atoms with Crippen molar-refractivity contribution in [1.29, 1.82) is 0 Å². The van der Waals surface area contributed by atoms with Crippen molar-refractivity contribution in [3.05, 3.63) is 0 Å². The number of fused-ring (bicyclic) bond motifs is 3. The summed E-state index contributed by atoms with van der Waals surface area (Å²) >= 11 is 0. The predicted octanol–water partition coefficient (Wildman–Crippen LogP) is 5.66. The molecule has 3 aliphatic rings. The van der Waals surface area contributed by atoms with Gasteiger partial charge in [-0.05, 0) is 72.5 Å². The lowest BCUT2D eigenvalue weighted by Gasteiger charge is -2.60. The van der Waals surface area contributed by atoms with Crippen molar-refractivity contribution < 1.29 is 5.11 Å². The van der Waals surface area contributed by atoms with Gasteiger partial charge in [-0.3, -0.25) is 0 Å². The Balaban J connectivity index is 1.93. The van der Waals surface area contributed by atoms with Crippen molar-refractivity contribution >= 4 is 0 Å². The Kier molecular flexibility index (Phi) is 4.43. The summed E-state index contributed by atoms with van der Waals surface area (Å²) in [5.41, 5.74) is 0.776. The van der Waals surface area contributed by atoms with Gasteiger partial charge in [0.25, 0.3) is 0 Å². The second kappa shape index (κ2) is 5.80. The van der Waals surface area contributed by atoms with Crippen LogP contribution in [0.15, 0.2) is 0 Å². The van der Waals surface area contributed by atoms with Gasteiger partial charge in [0.15, 0.2) is 0 Å². The van der Waals surface area contributed by atoms with Crippen molar-refractivity contribution in [3.63, 3.8) is 0 Å². The average Bonchev–Trinajstić information content (AvgIpc) is 2.77. The molecule has 8 atom stereocenters. The molecule has 1 heteroatoms. The molecule has 0 aromatic heterocycles. The molecule has 22 heavy (non-hydrogen) atoms. The Morgan fingerprint density at radius 2 is 1.77 bits per heavy atom. The van der Waals surface area contributed by atoms with E-state index in [2.05, 4.69) is 34.6 Å². The molecule has 8 unspecified atom stereocenters. The molecule has 0 heterocycles. The highest BCUT2D eigenvalue weighted by atomic mass is 16.3. The SMILES string of the molecule is CCCC1CCC2C3CCC(C)C3(C)CC(O)C2C1(C)CC. The van der Waals surface area contributed by atoms with Crippen molar-refractivity contribution in [2.45, 2.75) is 92.1 Å². The highest BCUT2D eigenvalue weighted by Gasteiger charge is 2.60. The number of hydrogen-bond donors (Lipinski definition) is 1. The molecule has 128 valence electrons. The third-order valence-corrected chi connectivity index (χ3v) is 8.87. The van der Waals surface area contributed by atoms with Crippen molar-refractivity contribution in [2.24, 2.45) is 40.4 Å². The molecule has 0 aliphatic heterocycles. The molecule has 0 aromatic carbocycles. The van der Waals surface area contributed by atoms with E-state index < -0.39 is 0 Å². The lowest BCUT2D eigenvalue weighted by molar-refractivity contribution is -0.160. The van der Waals surface area contributed by atoms with E-state index in [0.29, 0.717) is 16.7 Å². The van der Waals surface area contributed by atoms with E-state index in [-0.39, 0.29) is 6.10 Å². The van der Waals surface area contributed by atoms with Crippen LogP contribution in [0.5, 0.6) is 0 Å². The van der Waals surface area contributed by atoms with Gasteiger partial charge in [0.1, 0.15) is 0 Å². The molecule has 1 N–H and O–H groups in total. The van der Waals surface area contributed by atoms with Crippen molar-refractivity contribution in [2.75, 3.05) is 0 Å². The first-order valence-corrected chi connectivity index (χ1v) is 10.1. The van der Waals surface area contributed by atoms with Gasteiger partial charge in [-0.25, -0.2) is 0 Å². The molecular weight excluding hydrogens is 268 g/mol. The summed E-state index contributed by atoms with van der Waals surface area (Å²) in [7, 11) is 0. The summed E-state index contributed by atoms with van der Waals surface area (Å²) in [4.78, 5) is 0. The van der Waals surface area contributed by atoms with Crippen LogP contribution in [0, 0.1) is 40.4 Å². The molecule has 0 aromatic rings. The minimum absolute atomic E-state index is 0.0589. The first-order valence-electron chi connectivity index (χ1n) is 10.1. The van der Waals surface area contributed by atoms with Crippen LogP contribution in [0.25, 0.3) is 0 Å². The fourth-order valence-corrected chi connectivity index (χ4v) is 7.28. The molecule has 3 saturated carbocycles. The maximum atomic E-state index is 11.2. The average molecular weight is 307 g/mol. The smallest absolute Gasteiger partial charge is 0.0581 e. The maximum absolute atomic E-state index is 11.2. The van der Waals surface area contributed by atoms with Gasteiger partial charge in [-0.2, -0.15) is 0 Å². The molecule has 3 fully saturated rings. The van der Waals surface area contributed by atoms with Crippen molar-refractivity contribution in [3.8, 4) is 0 Å². The summed E-state index contributed by atoms with van der Waals surface area (Å²) in [5.74, 6) is 3.86. The lowest BCUT2D eigenvalue weighted by atomic mass is 9.45. The fraction of sp³-hybridized carbons (Fsp3) is 1.00. The van der Waals surface area contributed by atoms with E-state index >= 15 is 0 Å². The van der Waals surface area contributed by atoms with Gasteiger partial charge in [-0.15, -0.1) is 0 Å². The number of aliphatic hydroxyl groups excluding tert-OH is 1. The summed E-state index contributed by atoms with van der Waals surface area (Å²) in [6, 6.07) is 0. The Labute approximate surface area is 138 Å². The fourth-order valence-electron chi connectivity index (χ4n) is 7.28. The van der Waals surface area contributed by atoms with Crippen LogP contribution in [0.1, 0.15) is 86.0 Å². The maximum Gasteiger partial charge on any atom is 0.0581 e. The number of hydrogen-bond acceptors (Lipinski definition) is 1. The topological polar surface area (TPSA) is 20.2 Å².